The highest BCUT2D eigenvalue weighted by atomic mass is 32.1. The van der Waals surface area contributed by atoms with Crippen molar-refractivity contribution in [3.8, 4) is 11.3 Å². The van der Waals surface area contributed by atoms with Gasteiger partial charge in [-0.3, -0.25) is 4.79 Å². The summed E-state index contributed by atoms with van der Waals surface area (Å²) in [6.07, 6.45) is 11.4. The smallest absolute Gasteiger partial charge is 0.223 e. The van der Waals surface area contributed by atoms with E-state index in [4.69, 9.17) is 4.98 Å². The molecule has 1 fully saturated rings. The Bertz CT molecular complexity index is 1160. The summed E-state index contributed by atoms with van der Waals surface area (Å²) >= 11 is 1.52. The van der Waals surface area contributed by atoms with Gasteiger partial charge in [-0.05, 0) is 62.3 Å². The molecule has 3 aromatic rings. The number of Topliss-reactive ketones (excluding diaryl/α,β-unsaturated/α-hetero) is 1. The maximum atomic E-state index is 12.7. The number of ketones is 1. The van der Waals surface area contributed by atoms with Crippen molar-refractivity contribution >= 4 is 23.1 Å². The highest BCUT2D eigenvalue weighted by Crippen LogP contribution is 2.29. The maximum Gasteiger partial charge on any atom is 0.223 e. The number of hydrogen-bond acceptors (Lipinski definition) is 6. The lowest BCUT2D eigenvalue weighted by molar-refractivity contribution is 0.0986. The average molecular weight is 491 g/mol. The average Bonchev–Trinajstić information content (AvgIpc) is 3.35. The number of carbonyl (C=O) groups is 1. The molecule has 2 aromatic heterocycles. The van der Waals surface area contributed by atoms with Crippen molar-refractivity contribution < 1.29 is 4.79 Å². The minimum atomic E-state index is -0.0279. The number of nitrogens with one attached hydrogen (secondary N) is 1. The Morgan fingerprint density at radius 1 is 1.14 bits per heavy atom. The van der Waals surface area contributed by atoms with Crippen LogP contribution >= 0.6 is 11.3 Å². The Kier molecular flexibility index (Phi) is 8.00. The Hall–Kier alpha value is -2.60. The second kappa shape index (κ2) is 11.0. The largest absolute Gasteiger partial charge is 0.351 e. The van der Waals surface area contributed by atoms with Gasteiger partial charge in [0.2, 0.25) is 5.95 Å². The zero-order chi connectivity index (χ0) is 25.0. The first-order valence-corrected chi connectivity index (χ1v) is 13.7. The van der Waals surface area contributed by atoms with Gasteiger partial charge in [0.25, 0.3) is 0 Å². The number of carbonyl (C=O) groups excluding carboxylic acids is 1. The molecule has 1 atom stereocenters. The standard InChI is InChI=1S/C29H38N4OS/c1-19-17-23(24-15-16-30-28(33-24)32-20(2)22-9-7-6-8-10-22)12-11-21(19)13-14-25(34)26-18-31-27(35-26)29(3,4)5/h11-12,15-18,20,22H,6-10,13-14H2,1-5H3,(H,30,32,33)/t20-/m1/s1. The second-order valence-electron chi connectivity index (χ2n) is 10.9. The zero-order valence-electron chi connectivity index (χ0n) is 21.7. The van der Waals surface area contributed by atoms with Gasteiger partial charge in [-0.2, -0.15) is 0 Å². The van der Waals surface area contributed by atoms with Crippen LogP contribution in [0, 0.1) is 12.8 Å². The van der Waals surface area contributed by atoms with Crippen molar-refractivity contribution in [2.24, 2.45) is 5.92 Å². The number of thiazole rings is 1. The third-order valence-corrected chi connectivity index (χ3v) is 8.52. The Labute approximate surface area is 213 Å². The fourth-order valence-electron chi connectivity index (χ4n) is 4.80. The van der Waals surface area contributed by atoms with Gasteiger partial charge in [0.15, 0.2) is 5.78 Å². The number of aromatic nitrogens is 3. The van der Waals surface area contributed by atoms with Crippen LogP contribution < -0.4 is 5.32 Å². The van der Waals surface area contributed by atoms with E-state index < -0.39 is 0 Å². The van der Waals surface area contributed by atoms with Gasteiger partial charge in [-0.1, -0.05) is 52.2 Å². The van der Waals surface area contributed by atoms with Crippen LogP contribution in [-0.2, 0) is 11.8 Å². The van der Waals surface area contributed by atoms with Crippen LogP contribution in [0.3, 0.4) is 0 Å². The Morgan fingerprint density at radius 2 is 1.91 bits per heavy atom. The highest BCUT2D eigenvalue weighted by molar-refractivity contribution is 7.13. The van der Waals surface area contributed by atoms with Gasteiger partial charge in [-0.15, -0.1) is 11.3 Å². The molecule has 0 unspecified atom stereocenters. The third-order valence-electron chi connectivity index (χ3n) is 7.05. The molecule has 1 saturated carbocycles. The minimum absolute atomic E-state index is 0.0279. The summed E-state index contributed by atoms with van der Waals surface area (Å²) in [6, 6.07) is 8.75. The monoisotopic (exact) mass is 490 g/mol. The first-order chi connectivity index (χ1) is 16.7. The van der Waals surface area contributed by atoms with Crippen molar-refractivity contribution in [2.75, 3.05) is 5.32 Å². The third kappa shape index (κ3) is 6.54. The molecule has 0 saturated heterocycles. The lowest BCUT2D eigenvalue weighted by Crippen LogP contribution is -2.28. The SMILES string of the molecule is Cc1cc(-c2ccnc(N[C@H](C)C3CCCCC3)n2)ccc1CCC(=O)c1cnc(C(C)(C)C)s1. The van der Waals surface area contributed by atoms with E-state index in [0.29, 0.717) is 24.3 Å². The first-order valence-electron chi connectivity index (χ1n) is 12.9. The van der Waals surface area contributed by atoms with Gasteiger partial charge in [-0.25, -0.2) is 15.0 Å². The van der Waals surface area contributed by atoms with Crippen LogP contribution in [0.1, 0.15) is 92.0 Å². The van der Waals surface area contributed by atoms with E-state index in [-0.39, 0.29) is 11.2 Å². The predicted octanol–water partition coefficient (Wildman–Crippen LogP) is 7.40. The molecule has 4 rings (SSSR count). The van der Waals surface area contributed by atoms with Crippen molar-refractivity contribution in [1.82, 2.24) is 15.0 Å². The molecule has 35 heavy (non-hydrogen) atoms. The van der Waals surface area contributed by atoms with Crippen LogP contribution in [0.15, 0.2) is 36.7 Å². The molecular formula is C29H38N4OS. The number of aryl methyl sites for hydroxylation is 2. The number of benzene rings is 1. The molecular weight excluding hydrogens is 452 g/mol. The highest BCUT2D eigenvalue weighted by Gasteiger charge is 2.21. The second-order valence-corrected chi connectivity index (χ2v) is 12.0. The predicted molar refractivity (Wildman–Crippen MR) is 145 cm³/mol. The van der Waals surface area contributed by atoms with Crippen molar-refractivity contribution in [3.05, 3.63) is 57.7 Å². The summed E-state index contributed by atoms with van der Waals surface area (Å²) in [5, 5.41) is 4.55. The molecule has 186 valence electrons. The van der Waals surface area contributed by atoms with Crippen LogP contribution in [0.4, 0.5) is 5.95 Å². The Balaban J connectivity index is 1.39. The molecule has 0 radical (unpaired) electrons. The fraction of sp³-hybridized carbons (Fsp3) is 0.517. The van der Waals surface area contributed by atoms with Crippen LogP contribution in [0.2, 0.25) is 0 Å². The molecule has 5 nitrogen and oxygen atoms in total. The van der Waals surface area contributed by atoms with E-state index in [2.05, 4.69) is 68.1 Å². The summed E-state index contributed by atoms with van der Waals surface area (Å²) in [6.45, 7) is 10.7. The quantitative estimate of drug-likeness (QED) is 0.333. The Morgan fingerprint density at radius 3 is 2.60 bits per heavy atom. The van der Waals surface area contributed by atoms with Gasteiger partial charge in [0.05, 0.1) is 15.6 Å². The molecule has 0 spiro atoms. The maximum absolute atomic E-state index is 12.7. The molecule has 0 amide bonds. The summed E-state index contributed by atoms with van der Waals surface area (Å²) in [5.41, 5.74) is 4.34. The van der Waals surface area contributed by atoms with E-state index >= 15 is 0 Å². The van der Waals surface area contributed by atoms with Crippen molar-refractivity contribution in [1.29, 1.82) is 0 Å². The van der Waals surface area contributed by atoms with Gasteiger partial charge in [0, 0.05) is 35.8 Å². The summed E-state index contributed by atoms with van der Waals surface area (Å²) in [4.78, 5) is 27.2. The first kappa shape index (κ1) is 25.5. The van der Waals surface area contributed by atoms with E-state index in [1.54, 1.807) is 6.20 Å². The zero-order valence-corrected chi connectivity index (χ0v) is 22.5. The lowest BCUT2D eigenvalue weighted by atomic mass is 9.85. The molecule has 1 aromatic carbocycles. The molecule has 2 heterocycles. The van der Waals surface area contributed by atoms with Crippen molar-refractivity contribution in [3.63, 3.8) is 0 Å². The lowest BCUT2D eigenvalue weighted by Gasteiger charge is -2.28. The molecule has 0 aliphatic heterocycles. The number of nitrogens with zero attached hydrogens (tertiary/aromatic N) is 3. The number of hydrogen-bond donors (Lipinski definition) is 1. The van der Waals surface area contributed by atoms with Crippen LogP contribution in [0.5, 0.6) is 0 Å². The van der Waals surface area contributed by atoms with Gasteiger partial charge < -0.3 is 5.32 Å². The molecule has 1 aliphatic rings. The molecule has 0 bridgehead atoms. The molecule has 1 N–H and O–H groups in total. The van der Waals surface area contributed by atoms with E-state index in [1.165, 1.54) is 54.6 Å². The topological polar surface area (TPSA) is 67.8 Å². The minimum Gasteiger partial charge on any atom is -0.351 e. The summed E-state index contributed by atoms with van der Waals surface area (Å²) in [5.74, 6) is 1.57. The normalized spacial score (nSPS) is 15.7. The van der Waals surface area contributed by atoms with Gasteiger partial charge >= 0.3 is 0 Å². The van der Waals surface area contributed by atoms with Crippen LogP contribution in [-0.4, -0.2) is 26.8 Å². The molecule has 1 aliphatic carbocycles. The van der Waals surface area contributed by atoms with Gasteiger partial charge in [0.1, 0.15) is 0 Å². The fourth-order valence-corrected chi connectivity index (χ4v) is 5.74. The number of anilines is 1. The summed E-state index contributed by atoms with van der Waals surface area (Å²) < 4.78 is 0. The van der Waals surface area contributed by atoms with E-state index in [1.807, 2.05) is 12.3 Å². The van der Waals surface area contributed by atoms with Crippen LogP contribution in [0.25, 0.3) is 11.3 Å². The number of rotatable bonds is 8. The molecule has 6 heteroatoms. The van der Waals surface area contributed by atoms with E-state index in [9.17, 15) is 4.79 Å². The summed E-state index contributed by atoms with van der Waals surface area (Å²) in [7, 11) is 0. The van der Waals surface area contributed by atoms with Crippen molar-refractivity contribution in [2.45, 2.75) is 91.0 Å². The van der Waals surface area contributed by atoms with E-state index in [0.717, 1.165) is 27.6 Å².